The van der Waals surface area contributed by atoms with Gasteiger partial charge in [-0.25, -0.2) is 0 Å². The van der Waals surface area contributed by atoms with Gasteiger partial charge in [-0.15, -0.1) is 0 Å². The highest BCUT2D eigenvalue weighted by atomic mass is 16.3. The second-order valence-electron chi connectivity index (χ2n) is 5.34. The van der Waals surface area contributed by atoms with Crippen molar-refractivity contribution in [2.24, 2.45) is 17.8 Å². The lowest BCUT2D eigenvalue weighted by atomic mass is 10.1. The van der Waals surface area contributed by atoms with Crippen LogP contribution < -0.4 is 0 Å². The molecule has 2 unspecified atom stereocenters. The number of fused-ring (bicyclic) bond motifs is 1. The van der Waals surface area contributed by atoms with Crippen LogP contribution in [-0.4, -0.2) is 35.1 Å². The van der Waals surface area contributed by atoms with Gasteiger partial charge in [0.2, 0.25) is 5.91 Å². The average Bonchev–Trinajstić information content (AvgIpc) is 2.72. The number of rotatable bonds is 1. The van der Waals surface area contributed by atoms with E-state index in [0.717, 1.165) is 37.8 Å². The van der Waals surface area contributed by atoms with Gasteiger partial charge < -0.3 is 10.0 Å². The van der Waals surface area contributed by atoms with Gasteiger partial charge >= 0.3 is 0 Å². The van der Waals surface area contributed by atoms with Crippen LogP contribution in [0.2, 0.25) is 0 Å². The number of hydrogen-bond acceptors (Lipinski definition) is 2. The van der Waals surface area contributed by atoms with Crippen molar-refractivity contribution in [2.45, 2.75) is 38.2 Å². The Labute approximate surface area is 90.5 Å². The third-order valence-corrected chi connectivity index (χ3v) is 4.47. The smallest absolute Gasteiger partial charge is 0.226 e. The molecule has 3 nitrogen and oxygen atoms in total. The maximum Gasteiger partial charge on any atom is 0.226 e. The number of nitrogens with zero attached hydrogens (tertiary/aromatic N) is 1. The first-order valence-electron chi connectivity index (χ1n) is 6.24. The Morgan fingerprint density at radius 3 is 2.27 bits per heavy atom. The number of likely N-dealkylation sites (tertiary alicyclic amines) is 1. The molecule has 0 aromatic rings. The third kappa shape index (κ3) is 1.57. The van der Waals surface area contributed by atoms with Gasteiger partial charge in [0.25, 0.3) is 0 Å². The maximum atomic E-state index is 12.1. The second-order valence-corrected chi connectivity index (χ2v) is 5.34. The van der Waals surface area contributed by atoms with Crippen LogP contribution in [0, 0.1) is 17.8 Å². The topological polar surface area (TPSA) is 40.5 Å². The second kappa shape index (κ2) is 3.48. The summed E-state index contributed by atoms with van der Waals surface area (Å²) in [4.78, 5) is 14.1. The minimum Gasteiger partial charge on any atom is -0.393 e. The first kappa shape index (κ1) is 9.64. The molecule has 0 radical (unpaired) electrons. The summed E-state index contributed by atoms with van der Waals surface area (Å²) in [6, 6.07) is 0. The van der Waals surface area contributed by atoms with Gasteiger partial charge in [-0.1, -0.05) is 6.42 Å². The van der Waals surface area contributed by atoms with E-state index in [1.54, 1.807) is 0 Å². The minimum absolute atomic E-state index is 0.173. The third-order valence-electron chi connectivity index (χ3n) is 4.47. The van der Waals surface area contributed by atoms with E-state index >= 15 is 0 Å². The van der Waals surface area contributed by atoms with Crippen molar-refractivity contribution >= 4 is 5.91 Å². The zero-order valence-electron chi connectivity index (χ0n) is 9.06. The van der Waals surface area contributed by atoms with E-state index in [9.17, 15) is 9.90 Å². The summed E-state index contributed by atoms with van der Waals surface area (Å²) in [5, 5.41) is 9.39. The lowest BCUT2D eigenvalue weighted by molar-refractivity contribution is -0.135. The lowest BCUT2D eigenvalue weighted by Crippen LogP contribution is -2.41. The van der Waals surface area contributed by atoms with Gasteiger partial charge in [-0.2, -0.15) is 0 Å². The minimum atomic E-state index is -0.173. The molecule has 0 bridgehead atoms. The van der Waals surface area contributed by atoms with Crippen LogP contribution in [0.4, 0.5) is 0 Å². The van der Waals surface area contributed by atoms with Crippen molar-refractivity contribution in [1.29, 1.82) is 0 Å². The van der Waals surface area contributed by atoms with E-state index in [1.165, 1.54) is 19.3 Å². The molecule has 1 aliphatic heterocycles. The summed E-state index contributed by atoms with van der Waals surface area (Å²) in [6.45, 7) is 1.55. The number of piperidine rings is 1. The number of aliphatic hydroxyl groups excluding tert-OH is 1. The fourth-order valence-corrected chi connectivity index (χ4v) is 3.48. The standard InChI is InChI=1S/C12H19NO2/c14-8-4-6-13(7-5-8)12(15)11-9-2-1-3-10(9)11/h8-11,14H,1-7H2. The van der Waals surface area contributed by atoms with Crippen LogP contribution in [0.25, 0.3) is 0 Å². The molecule has 0 aromatic heterocycles. The van der Waals surface area contributed by atoms with Crippen molar-refractivity contribution in [3.8, 4) is 0 Å². The molecule has 15 heavy (non-hydrogen) atoms. The molecule has 0 spiro atoms. The zero-order chi connectivity index (χ0) is 10.4. The average molecular weight is 209 g/mol. The van der Waals surface area contributed by atoms with Crippen LogP contribution in [0.15, 0.2) is 0 Å². The van der Waals surface area contributed by atoms with Crippen LogP contribution >= 0.6 is 0 Å². The number of carbonyl (C=O) groups excluding carboxylic acids is 1. The number of hydrogen-bond donors (Lipinski definition) is 1. The van der Waals surface area contributed by atoms with Crippen LogP contribution in [-0.2, 0) is 4.79 Å². The number of amides is 1. The van der Waals surface area contributed by atoms with Gasteiger partial charge in [0, 0.05) is 19.0 Å². The van der Waals surface area contributed by atoms with Crippen molar-refractivity contribution in [2.75, 3.05) is 13.1 Å². The SMILES string of the molecule is O=C(C1C2CCCC21)N1CCC(O)CC1. The van der Waals surface area contributed by atoms with Crippen LogP contribution in [0.3, 0.4) is 0 Å². The van der Waals surface area contributed by atoms with Gasteiger partial charge in [0.15, 0.2) is 0 Å². The highest BCUT2D eigenvalue weighted by Gasteiger charge is 2.57. The summed E-state index contributed by atoms with van der Waals surface area (Å²) < 4.78 is 0. The first-order valence-corrected chi connectivity index (χ1v) is 6.24. The van der Waals surface area contributed by atoms with E-state index < -0.39 is 0 Å². The van der Waals surface area contributed by atoms with Gasteiger partial charge in [0.1, 0.15) is 0 Å². The first-order chi connectivity index (χ1) is 7.27. The molecule has 2 aliphatic carbocycles. The Kier molecular flexibility index (Phi) is 2.23. The van der Waals surface area contributed by atoms with E-state index in [1.807, 2.05) is 4.90 Å². The normalized spacial score (nSPS) is 40.3. The molecule has 3 heteroatoms. The molecule has 0 aromatic carbocycles. The van der Waals surface area contributed by atoms with E-state index in [0.29, 0.717) is 11.8 Å². The Hall–Kier alpha value is -0.570. The Balaban J connectivity index is 1.57. The van der Waals surface area contributed by atoms with E-state index in [4.69, 9.17) is 0 Å². The summed E-state index contributed by atoms with van der Waals surface area (Å²) in [7, 11) is 0. The molecule has 2 atom stereocenters. The molecular weight excluding hydrogens is 190 g/mol. The molecule has 2 saturated carbocycles. The molecular formula is C12H19NO2. The Bertz CT molecular complexity index is 261. The fraction of sp³-hybridized carbons (Fsp3) is 0.917. The van der Waals surface area contributed by atoms with Crippen molar-refractivity contribution in [3.05, 3.63) is 0 Å². The molecule has 1 amide bonds. The van der Waals surface area contributed by atoms with Crippen molar-refractivity contribution in [3.63, 3.8) is 0 Å². The lowest BCUT2D eigenvalue weighted by Gasteiger charge is -2.30. The predicted octanol–water partition coefficient (Wildman–Crippen LogP) is 1.02. The Morgan fingerprint density at radius 1 is 1.07 bits per heavy atom. The predicted molar refractivity (Wildman–Crippen MR) is 56.1 cm³/mol. The molecule has 1 saturated heterocycles. The monoisotopic (exact) mass is 209 g/mol. The summed E-state index contributed by atoms with van der Waals surface area (Å²) in [5.74, 6) is 2.21. The number of aliphatic hydroxyl groups is 1. The van der Waals surface area contributed by atoms with Crippen molar-refractivity contribution in [1.82, 2.24) is 4.90 Å². The number of carbonyl (C=O) groups is 1. The van der Waals surface area contributed by atoms with Crippen LogP contribution in [0.5, 0.6) is 0 Å². The molecule has 3 aliphatic rings. The van der Waals surface area contributed by atoms with Gasteiger partial charge in [-0.3, -0.25) is 4.79 Å². The Morgan fingerprint density at radius 2 is 1.67 bits per heavy atom. The quantitative estimate of drug-likeness (QED) is 0.700. The molecule has 1 heterocycles. The summed E-state index contributed by atoms with van der Waals surface area (Å²) in [5.41, 5.74) is 0. The zero-order valence-corrected chi connectivity index (χ0v) is 9.06. The van der Waals surface area contributed by atoms with Gasteiger partial charge in [0.05, 0.1) is 6.10 Å². The summed E-state index contributed by atoms with van der Waals surface area (Å²) in [6.07, 6.45) is 5.25. The summed E-state index contributed by atoms with van der Waals surface area (Å²) >= 11 is 0. The van der Waals surface area contributed by atoms with Gasteiger partial charge in [-0.05, 0) is 37.5 Å². The van der Waals surface area contributed by atoms with E-state index in [2.05, 4.69) is 0 Å². The molecule has 84 valence electrons. The van der Waals surface area contributed by atoms with E-state index in [-0.39, 0.29) is 6.10 Å². The largest absolute Gasteiger partial charge is 0.393 e. The van der Waals surface area contributed by atoms with Crippen LogP contribution in [0.1, 0.15) is 32.1 Å². The van der Waals surface area contributed by atoms with Crippen molar-refractivity contribution < 1.29 is 9.90 Å². The highest BCUT2D eigenvalue weighted by Crippen LogP contribution is 2.58. The fourth-order valence-electron chi connectivity index (χ4n) is 3.48. The molecule has 1 N–H and O–H groups in total. The highest BCUT2D eigenvalue weighted by molar-refractivity contribution is 5.82. The molecule has 3 rings (SSSR count). The molecule has 3 fully saturated rings. The maximum absolute atomic E-state index is 12.1.